The van der Waals surface area contributed by atoms with Crippen LogP contribution in [-0.2, 0) is 12.8 Å². The van der Waals surface area contributed by atoms with Crippen molar-refractivity contribution in [3.63, 3.8) is 0 Å². The minimum absolute atomic E-state index is 0.710. The van der Waals surface area contributed by atoms with Gasteiger partial charge in [-0.05, 0) is 56.9 Å². The van der Waals surface area contributed by atoms with Crippen molar-refractivity contribution in [2.45, 2.75) is 33.6 Å². The second kappa shape index (κ2) is 10.4. The maximum absolute atomic E-state index is 5.44. The Labute approximate surface area is 156 Å². The molecule has 2 aromatic rings. The molecular formula is C21H30N4O. The summed E-state index contributed by atoms with van der Waals surface area (Å²) < 4.78 is 5.44. The standard InChI is InChI=1S/C21H30N4O/c1-5-22-21(23-12-10-18-8-7-17(3)25-15-18)24-13-11-19-14-16(2)6-9-20(19)26-4/h6-9,14-15H,5,10-13H2,1-4H3,(H2,22,23,24). The predicted octanol–water partition coefficient (Wildman–Crippen LogP) is 3.05. The third-order valence-electron chi connectivity index (χ3n) is 4.11. The number of nitrogens with one attached hydrogen (secondary N) is 2. The van der Waals surface area contributed by atoms with E-state index < -0.39 is 0 Å². The van der Waals surface area contributed by atoms with Crippen LogP contribution in [0.15, 0.2) is 41.5 Å². The Balaban J connectivity index is 1.87. The van der Waals surface area contributed by atoms with Gasteiger partial charge in [0.15, 0.2) is 5.96 Å². The summed E-state index contributed by atoms with van der Waals surface area (Å²) in [6, 6.07) is 10.4. The van der Waals surface area contributed by atoms with Crippen LogP contribution in [0.4, 0.5) is 0 Å². The highest BCUT2D eigenvalue weighted by atomic mass is 16.5. The number of ether oxygens (including phenoxy) is 1. The molecule has 1 aromatic heterocycles. The molecule has 5 heteroatoms. The molecular weight excluding hydrogens is 324 g/mol. The Morgan fingerprint density at radius 3 is 2.65 bits per heavy atom. The van der Waals surface area contributed by atoms with Crippen LogP contribution in [0.1, 0.15) is 29.3 Å². The maximum Gasteiger partial charge on any atom is 0.191 e. The lowest BCUT2D eigenvalue weighted by molar-refractivity contribution is 0.409. The number of hydrogen-bond donors (Lipinski definition) is 2. The fourth-order valence-corrected chi connectivity index (χ4v) is 2.70. The van der Waals surface area contributed by atoms with Gasteiger partial charge in [-0.2, -0.15) is 0 Å². The number of rotatable bonds is 8. The van der Waals surface area contributed by atoms with E-state index in [2.05, 4.69) is 52.7 Å². The topological polar surface area (TPSA) is 58.5 Å². The van der Waals surface area contributed by atoms with Crippen molar-refractivity contribution >= 4 is 5.96 Å². The fourth-order valence-electron chi connectivity index (χ4n) is 2.70. The number of methoxy groups -OCH3 is 1. The van der Waals surface area contributed by atoms with E-state index >= 15 is 0 Å². The molecule has 0 unspecified atom stereocenters. The first-order chi connectivity index (χ1) is 12.6. The van der Waals surface area contributed by atoms with Gasteiger partial charge in [-0.3, -0.25) is 9.98 Å². The quantitative estimate of drug-likeness (QED) is 0.565. The molecule has 140 valence electrons. The van der Waals surface area contributed by atoms with Crippen molar-refractivity contribution in [3.05, 3.63) is 58.9 Å². The van der Waals surface area contributed by atoms with Crippen LogP contribution < -0.4 is 15.4 Å². The Kier molecular flexibility index (Phi) is 7.93. The highest BCUT2D eigenvalue weighted by Crippen LogP contribution is 2.20. The maximum atomic E-state index is 5.44. The van der Waals surface area contributed by atoms with Gasteiger partial charge in [0.1, 0.15) is 5.75 Å². The molecule has 0 atom stereocenters. The highest BCUT2D eigenvalue weighted by Gasteiger charge is 2.03. The van der Waals surface area contributed by atoms with Gasteiger partial charge in [0.2, 0.25) is 0 Å². The van der Waals surface area contributed by atoms with Gasteiger partial charge in [0, 0.05) is 31.5 Å². The number of nitrogens with zero attached hydrogens (tertiary/aromatic N) is 2. The lowest BCUT2D eigenvalue weighted by atomic mass is 10.1. The molecule has 2 N–H and O–H groups in total. The highest BCUT2D eigenvalue weighted by molar-refractivity contribution is 5.79. The first-order valence-corrected chi connectivity index (χ1v) is 9.19. The normalized spacial score (nSPS) is 11.3. The molecule has 0 aliphatic heterocycles. The van der Waals surface area contributed by atoms with Crippen molar-refractivity contribution < 1.29 is 4.74 Å². The number of pyridine rings is 1. The number of benzene rings is 1. The van der Waals surface area contributed by atoms with Crippen LogP contribution >= 0.6 is 0 Å². The lowest BCUT2D eigenvalue weighted by Crippen LogP contribution is -2.38. The van der Waals surface area contributed by atoms with Crippen LogP contribution in [0, 0.1) is 13.8 Å². The third kappa shape index (κ3) is 6.39. The summed E-state index contributed by atoms with van der Waals surface area (Å²) in [6.07, 6.45) is 3.71. The minimum atomic E-state index is 0.710. The summed E-state index contributed by atoms with van der Waals surface area (Å²) in [5.74, 6) is 1.77. The molecule has 5 nitrogen and oxygen atoms in total. The third-order valence-corrected chi connectivity index (χ3v) is 4.11. The monoisotopic (exact) mass is 354 g/mol. The number of aryl methyl sites for hydroxylation is 2. The van der Waals surface area contributed by atoms with Crippen LogP contribution in [-0.4, -0.2) is 37.7 Å². The number of aromatic nitrogens is 1. The zero-order chi connectivity index (χ0) is 18.8. The van der Waals surface area contributed by atoms with Gasteiger partial charge < -0.3 is 15.4 Å². The molecule has 0 aliphatic carbocycles. The van der Waals surface area contributed by atoms with Crippen molar-refractivity contribution in [3.8, 4) is 5.75 Å². The van der Waals surface area contributed by atoms with Crippen LogP contribution in [0.3, 0.4) is 0 Å². The van der Waals surface area contributed by atoms with Crippen LogP contribution in [0.25, 0.3) is 0 Å². The van der Waals surface area contributed by atoms with Crippen LogP contribution in [0.2, 0.25) is 0 Å². The van der Waals surface area contributed by atoms with E-state index in [1.54, 1.807) is 7.11 Å². The van der Waals surface area contributed by atoms with E-state index in [-0.39, 0.29) is 0 Å². The SMILES string of the molecule is CCNC(=NCCc1cc(C)ccc1OC)NCCc1ccc(C)nc1. The van der Waals surface area contributed by atoms with Crippen molar-refractivity contribution in [2.24, 2.45) is 4.99 Å². The number of guanidine groups is 1. The van der Waals surface area contributed by atoms with Crippen molar-refractivity contribution in [1.82, 2.24) is 15.6 Å². The van der Waals surface area contributed by atoms with Gasteiger partial charge in [-0.1, -0.05) is 23.8 Å². The van der Waals surface area contributed by atoms with E-state index in [9.17, 15) is 0 Å². The van der Waals surface area contributed by atoms with E-state index in [0.717, 1.165) is 43.3 Å². The van der Waals surface area contributed by atoms with Gasteiger partial charge >= 0.3 is 0 Å². The molecule has 0 aliphatic rings. The summed E-state index contributed by atoms with van der Waals surface area (Å²) in [5, 5.41) is 6.69. The molecule has 0 spiro atoms. The summed E-state index contributed by atoms with van der Waals surface area (Å²) in [7, 11) is 1.71. The Morgan fingerprint density at radius 2 is 1.96 bits per heavy atom. The van der Waals surface area contributed by atoms with E-state index in [1.165, 1.54) is 16.7 Å². The average molecular weight is 354 g/mol. The molecule has 0 saturated carbocycles. The zero-order valence-electron chi connectivity index (χ0n) is 16.3. The second-order valence-electron chi connectivity index (χ2n) is 6.31. The minimum Gasteiger partial charge on any atom is -0.496 e. The summed E-state index contributed by atoms with van der Waals surface area (Å²) in [4.78, 5) is 9.02. The van der Waals surface area contributed by atoms with Crippen LogP contribution in [0.5, 0.6) is 5.75 Å². The molecule has 2 rings (SSSR count). The molecule has 26 heavy (non-hydrogen) atoms. The average Bonchev–Trinajstić information content (AvgIpc) is 2.63. The molecule has 0 fully saturated rings. The predicted molar refractivity (Wildman–Crippen MR) is 108 cm³/mol. The Hall–Kier alpha value is -2.56. The summed E-state index contributed by atoms with van der Waals surface area (Å²) >= 11 is 0. The Morgan fingerprint density at radius 1 is 1.12 bits per heavy atom. The lowest BCUT2D eigenvalue weighted by Gasteiger charge is -2.12. The number of aliphatic imine (C=N–C) groups is 1. The van der Waals surface area contributed by atoms with E-state index in [0.29, 0.717) is 6.54 Å². The summed E-state index contributed by atoms with van der Waals surface area (Å²) in [6.45, 7) is 8.54. The van der Waals surface area contributed by atoms with Crippen molar-refractivity contribution in [2.75, 3.05) is 26.7 Å². The summed E-state index contributed by atoms with van der Waals surface area (Å²) in [5.41, 5.74) is 4.70. The molecule has 0 radical (unpaired) electrons. The fraction of sp³-hybridized carbons (Fsp3) is 0.429. The van der Waals surface area contributed by atoms with E-state index in [1.807, 2.05) is 25.3 Å². The zero-order valence-corrected chi connectivity index (χ0v) is 16.3. The Bertz CT molecular complexity index is 710. The number of hydrogen-bond acceptors (Lipinski definition) is 3. The van der Waals surface area contributed by atoms with Gasteiger partial charge in [0.25, 0.3) is 0 Å². The molecule has 0 amide bonds. The largest absolute Gasteiger partial charge is 0.496 e. The first kappa shape index (κ1) is 19.8. The molecule has 0 bridgehead atoms. The molecule has 1 aromatic carbocycles. The van der Waals surface area contributed by atoms with Crippen molar-refractivity contribution in [1.29, 1.82) is 0 Å². The smallest absolute Gasteiger partial charge is 0.191 e. The molecule has 0 saturated heterocycles. The molecule has 1 heterocycles. The van der Waals surface area contributed by atoms with Gasteiger partial charge in [0.05, 0.1) is 7.11 Å². The van der Waals surface area contributed by atoms with Gasteiger partial charge in [-0.25, -0.2) is 0 Å². The van der Waals surface area contributed by atoms with Gasteiger partial charge in [-0.15, -0.1) is 0 Å². The second-order valence-corrected chi connectivity index (χ2v) is 6.31. The van der Waals surface area contributed by atoms with E-state index in [4.69, 9.17) is 4.74 Å². The first-order valence-electron chi connectivity index (χ1n) is 9.19.